The predicted molar refractivity (Wildman–Crippen MR) is 112 cm³/mol. The summed E-state index contributed by atoms with van der Waals surface area (Å²) in [5.41, 5.74) is 4.26. The van der Waals surface area contributed by atoms with Gasteiger partial charge in [0.1, 0.15) is 0 Å². The van der Waals surface area contributed by atoms with Gasteiger partial charge in [-0.15, -0.1) is 0 Å². The van der Waals surface area contributed by atoms with Crippen LogP contribution in [0, 0.1) is 10.8 Å². The van der Waals surface area contributed by atoms with Gasteiger partial charge in [0.25, 0.3) is 0 Å². The summed E-state index contributed by atoms with van der Waals surface area (Å²) >= 11 is 0. The summed E-state index contributed by atoms with van der Waals surface area (Å²) in [4.78, 5) is 0. The number of hydrogen-bond acceptors (Lipinski definition) is 0. The summed E-state index contributed by atoms with van der Waals surface area (Å²) in [6.45, 7) is 14.4. The maximum absolute atomic E-state index is 5.66. The molecule has 2 atom stereocenters. The number of nitrogens with zero attached hydrogens (tertiary/aromatic N) is 1. The molecule has 1 nitrogen and oxygen atoms in total. The summed E-state index contributed by atoms with van der Waals surface area (Å²) in [6, 6.07) is 0. The second-order valence-corrected chi connectivity index (χ2v) is 12.6. The van der Waals surface area contributed by atoms with Gasteiger partial charge in [-0.1, -0.05) is 46.2 Å². The monoisotopic (exact) mass is 354 g/mol. The largest absolute Gasteiger partial charge is 0.305 e. The average molecular weight is 354 g/mol. The van der Waals surface area contributed by atoms with Crippen LogP contribution in [0.15, 0.2) is 0 Å². The van der Waals surface area contributed by atoms with E-state index in [4.69, 9.17) is 4.67 Å². The highest BCUT2D eigenvalue weighted by molar-refractivity contribution is 7.77. The van der Waals surface area contributed by atoms with E-state index in [1.165, 1.54) is 63.2 Å². The molecule has 2 unspecified atom stereocenters. The molecule has 0 radical (unpaired) electrons. The maximum Gasteiger partial charge on any atom is 0.305 e. The fraction of sp³-hybridized carbons (Fsp3) is 0.900. The van der Waals surface area contributed by atoms with Crippen molar-refractivity contribution in [3.05, 3.63) is 0 Å². The van der Waals surface area contributed by atoms with Crippen LogP contribution in [0.1, 0.15) is 80.1 Å². The fourth-order valence-electron chi connectivity index (χ4n) is 4.74. The lowest BCUT2D eigenvalue weighted by molar-refractivity contribution is 0.385. The van der Waals surface area contributed by atoms with Crippen molar-refractivity contribution >= 4 is 26.7 Å². The van der Waals surface area contributed by atoms with Gasteiger partial charge in [-0.3, -0.25) is 0 Å². The summed E-state index contributed by atoms with van der Waals surface area (Å²) in [5, 5.41) is 0. The molecule has 0 bridgehead atoms. The van der Waals surface area contributed by atoms with Gasteiger partial charge < -0.3 is 0 Å². The van der Waals surface area contributed by atoms with Gasteiger partial charge >= 0.3 is 10.9 Å². The highest BCUT2D eigenvalue weighted by atomic mass is 31.1. The van der Waals surface area contributed by atoms with Crippen molar-refractivity contribution in [1.29, 1.82) is 0 Å². The van der Waals surface area contributed by atoms with E-state index in [1.54, 1.807) is 10.9 Å². The van der Waals surface area contributed by atoms with Gasteiger partial charge in [0.2, 0.25) is 0 Å². The zero-order chi connectivity index (χ0) is 17.1. The molecule has 23 heavy (non-hydrogen) atoms. The van der Waals surface area contributed by atoms with E-state index in [-0.39, 0.29) is 15.8 Å². The average Bonchev–Trinajstić information content (AvgIpc) is 3.14. The van der Waals surface area contributed by atoms with E-state index < -0.39 is 0 Å². The molecule has 2 rings (SSSR count). The van der Waals surface area contributed by atoms with Crippen LogP contribution in [0.25, 0.3) is 0 Å². The zero-order valence-corrected chi connectivity index (χ0v) is 18.2. The molecule has 0 amide bonds. The fourth-order valence-corrected chi connectivity index (χ4v) is 10.5. The SMILES string of the molecule is CCP1CCC(CC)(CC)C1=[N+]=C1P(CC)CCC1(CC)CC. The van der Waals surface area contributed by atoms with E-state index in [1.807, 2.05) is 0 Å². The molecule has 2 saturated heterocycles. The van der Waals surface area contributed by atoms with Crippen molar-refractivity contribution in [3.63, 3.8) is 0 Å². The van der Waals surface area contributed by atoms with Gasteiger partial charge in [0.15, 0.2) is 0 Å². The quantitative estimate of drug-likeness (QED) is 0.394. The molecule has 0 aliphatic carbocycles. The molecule has 0 saturated carbocycles. The standard InChI is InChI=1S/C20H38NP2/c1-7-19(8-2)13-15-22(11-5)17(19)21-18-20(9-3,10-4)14-16-23(18)12-6/h7-16H2,1-6H3/q+1. The lowest BCUT2D eigenvalue weighted by atomic mass is 9.80. The third-order valence-corrected chi connectivity index (χ3v) is 12.4. The van der Waals surface area contributed by atoms with Crippen molar-refractivity contribution in [1.82, 2.24) is 4.67 Å². The van der Waals surface area contributed by atoms with Crippen LogP contribution in [0.3, 0.4) is 0 Å². The highest BCUT2D eigenvalue weighted by Gasteiger charge is 2.53. The van der Waals surface area contributed by atoms with Crippen LogP contribution in [-0.4, -0.2) is 35.6 Å². The minimum absolute atomic E-state index is 0.0420. The molecule has 0 N–H and O–H groups in total. The van der Waals surface area contributed by atoms with Crippen molar-refractivity contribution < 1.29 is 0 Å². The first-order valence-electron chi connectivity index (χ1n) is 10.0. The van der Waals surface area contributed by atoms with Crippen LogP contribution in [0.5, 0.6) is 0 Å². The predicted octanol–water partition coefficient (Wildman–Crippen LogP) is 6.27. The third kappa shape index (κ3) is 3.36. The molecule has 3 heteroatoms. The Morgan fingerprint density at radius 1 is 0.696 bits per heavy atom. The Morgan fingerprint density at radius 3 is 1.30 bits per heavy atom. The first-order valence-corrected chi connectivity index (χ1v) is 13.4. The number of rotatable bonds is 6. The Kier molecular flexibility index (Phi) is 6.94. The second-order valence-electron chi connectivity index (χ2n) is 7.39. The summed E-state index contributed by atoms with van der Waals surface area (Å²) in [7, 11) is 0.0840. The van der Waals surface area contributed by atoms with Crippen molar-refractivity contribution in [2.45, 2.75) is 80.1 Å². The third-order valence-electron chi connectivity index (χ3n) is 6.95. The summed E-state index contributed by atoms with van der Waals surface area (Å²) in [5.74, 6) is 0. The molecule has 2 fully saturated rings. The molecular formula is C20H38NP2+. The van der Waals surface area contributed by atoms with Crippen molar-refractivity contribution in [2.75, 3.05) is 24.6 Å². The minimum atomic E-state index is 0.0420. The Balaban J connectivity index is 2.64. The Morgan fingerprint density at radius 2 is 1.04 bits per heavy atom. The Labute approximate surface area is 147 Å². The van der Waals surface area contributed by atoms with Gasteiger partial charge in [-0.05, 0) is 63.2 Å². The normalized spacial score (nSPS) is 29.1. The smallest absolute Gasteiger partial charge is 0.0932 e. The maximum atomic E-state index is 5.66. The molecule has 132 valence electrons. The lowest BCUT2D eigenvalue weighted by Crippen LogP contribution is -2.30. The Hall–Kier alpha value is 0.310. The molecule has 0 spiro atoms. The van der Waals surface area contributed by atoms with Crippen LogP contribution in [0.4, 0.5) is 0 Å². The van der Waals surface area contributed by atoms with E-state index in [0.29, 0.717) is 10.8 Å². The van der Waals surface area contributed by atoms with Gasteiger partial charge in [-0.2, -0.15) is 0 Å². The van der Waals surface area contributed by atoms with E-state index in [2.05, 4.69) is 41.5 Å². The zero-order valence-electron chi connectivity index (χ0n) is 16.4. The van der Waals surface area contributed by atoms with Crippen LogP contribution >= 0.6 is 15.8 Å². The summed E-state index contributed by atoms with van der Waals surface area (Å²) in [6.07, 6.45) is 13.6. The highest BCUT2D eigenvalue weighted by Crippen LogP contribution is 2.59. The molecule has 0 aromatic rings. The molecule has 0 aromatic carbocycles. The van der Waals surface area contributed by atoms with Crippen LogP contribution in [-0.2, 0) is 0 Å². The van der Waals surface area contributed by atoms with Crippen molar-refractivity contribution in [3.8, 4) is 0 Å². The molecule has 2 aliphatic rings. The van der Waals surface area contributed by atoms with Crippen LogP contribution < -0.4 is 4.67 Å². The number of hydrogen-bond donors (Lipinski definition) is 0. The van der Waals surface area contributed by atoms with E-state index in [0.717, 1.165) is 0 Å². The van der Waals surface area contributed by atoms with Crippen LogP contribution in [0.2, 0.25) is 0 Å². The molecule has 2 aliphatic heterocycles. The van der Waals surface area contributed by atoms with E-state index >= 15 is 0 Å². The van der Waals surface area contributed by atoms with Crippen molar-refractivity contribution in [2.24, 2.45) is 10.8 Å². The molecular weight excluding hydrogens is 316 g/mol. The summed E-state index contributed by atoms with van der Waals surface area (Å²) < 4.78 is 5.66. The minimum Gasteiger partial charge on any atom is -0.0932 e. The first-order chi connectivity index (χ1) is 11.1. The topological polar surface area (TPSA) is 14.1 Å². The molecule has 2 heterocycles. The molecule has 0 aromatic heterocycles. The van der Waals surface area contributed by atoms with Gasteiger partial charge in [0.05, 0.1) is 10.8 Å². The Bertz CT molecular complexity index is 428. The second kappa shape index (κ2) is 8.13. The van der Waals surface area contributed by atoms with Gasteiger partial charge in [-0.25, -0.2) is 0 Å². The van der Waals surface area contributed by atoms with Gasteiger partial charge in [0, 0.05) is 15.8 Å². The van der Waals surface area contributed by atoms with E-state index in [9.17, 15) is 0 Å². The lowest BCUT2D eigenvalue weighted by Gasteiger charge is -2.23. The first kappa shape index (κ1) is 19.6.